The van der Waals surface area contributed by atoms with Crippen molar-refractivity contribution in [2.45, 2.75) is 19.1 Å². The fourth-order valence-corrected chi connectivity index (χ4v) is 2.26. The summed E-state index contributed by atoms with van der Waals surface area (Å²) in [5.74, 6) is 1.29. The average molecular weight is 334 g/mol. The van der Waals surface area contributed by atoms with Crippen LogP contribution in [0, 0.1) is 0 Å². The minimum absolute atomic E-state index is 0.282. The van der Waals surface area contributed by atoms with Gasteiger partial charge >= 0.3 is 0 Å². The van der Waals surface area contributed by atoms with Gasteiger partial charge in [0.2, 0.25) is 0 Å². The number of benzene rings is 1. The SMILES string of the molecule is COc1cc(CNCC(C)(O)CO)cc(Br)c1OC. The first-order valence-electron chi connectivity index (χ1n) is 5.88. The number of hydrogen-bond donors (Lipinski definition) is 3. The van der Waals surface area contributed by atoms with E-state index in [2.05, 4.69) is 21.2 Å². The minimum atomic E-state index is -1.12. The van der Waals surface area contributed by atoms with Crippen molar-refractivity contribution in [2.24, 2.45) is 0 Å². The van der Waals surface area contributed by atoms with Gasteiger partial charge in [-0.25, -0.2) is 0 Å². The Morgan fingerprint density at radius 3 is 2.53 bits per heavy atom. The van der Waals surface area contributed by atoms with Crippen LogP contribution < -0.4 is 14.8 Å². The van der Waals surface area contributed by atoms with E-state index >= 15 is 0 Å². The second-order valence-corrected chi connectivity index (χ2v) is 5.43. The van der Waals surface area contributed by atoms with Crippen LogP contribution in [0.3, 0.4) is 0 Å². The van der Waals surface area contributed by atoms with Crippen LogP contribution in [-0.4, -0.2) is 43.2 Å². The molecule has 1 atom stereocenters. The molecule has 0 fully saturated rings. The molecule has 1 rings (SSSR count). The highest BCUT2D eigenvalue weighted by Gasteiger charge is 2.18. The zero-order valence-corrected chi connectivity index (χ0v) is 13.0. The third kappa shape index (κ3) is 4.65. The van der Waals surface area contributed by atoms with Crippen LogP contribution in [0.1, 0.15) is 12.5 Å². The van der Waals surface area contributed by atoms with E-state index in [1.807, 2.05) is 12.1 Å². The topological polar surface area (TPSA) is 71.0 Å². The number of nitrogens with one attached hydrogen (secondary N) is 1. The van der Waals surface area contributed by atoms with E-state index in [1.54, 1.807) is 21.1 Å². The molecule has 5 nitrogen and oxygen atoms in total. The second kappa shape index (κ2) is 7.09. The number of halogens is 1. The van der Waals surface area contributed by atoms with Crippen molar-refractivity contribution in [1.82, 2.24) is 5.32 Å². The molecule has 19 heavy (non-hydrogen) atoms. The first-order chi connectivity index (χ1) is 8.93. The fourth-order valence-electron chi connectivity index (χ4n) is 1.61. The van der Waals surface area contributed by atoms with Crippen molar-refractivity contribution < 1.29 is 19.7 Å². The molecule has 0 aliphatic carbocycles. The molecule has 0 spiro atoms. The van der Waals surface area contributed by atoms with Gasteiger partial charge in [0, 0.05) is 13.1 Å². The van der Waals surface area contributed by atoms with Crippen molar-refractivity contribution in [3.63, 3.8) is 0 Å². The van der Waals surface area contributed by atoms with E-state index in [4.69, 9.17) is 14.6 Å². The van der Waals surface area contributed by atoms with Gasteiger partial charge in [0.1, 0.15) is 0 Å². The Kier molecular flexibility index (Phi) is 6.06. The molecule has 0 saturated heterocycles. The van der Waals surface area contributed by atoms with E-state index < -0.39 is 5.60 Å². The minimum Gasteiger partial charge on any atom is -0.493 e. The van der Waals surface area contributed by atoms with Crippen LogP contribution in [0.15, 0.2) is 16.6 Å². The summed E-state index contributed by atoms with van der Waals surface area (Å²) in [6.07, 6.45) is 0. The van der Waals surface area contributed by atoms with Crippen LogP contribution in [-0.2, 0) is 6.54 Å². The standard InChI is InChI=1S/C13H20BrNO4/c1-13(17,8-16)7-15-6-9-4-10(14)12(19-3)11(5-9)18-2/h4-5,15-17H,6-8H2,1-3H3. The molecular formula is C13H20BrNO4. The van der Waals surface area contributed by atoms with Gasteiger partial charge in [-0.3, -0.25) is 0 Å². The van der Waals surface area contributed by atoms with Crippen molar-refractivity contribution in [1.29, 1.82) is 0 Å². The van der Waals surface area contributed by atoms with Crippen LogP contribution in [0.4, 0.5) is 0 Å². The summed E-state index contributed by atoms with van der Waals surface area (Å²) in [7, 11) is 3.16. The van der Waals surface area contributed by atoms with Gasteiger partial charge < -0.3 is 25.0 Å². The monoisotopic (exact) mass is 333 g/mol. The molecule has 3 N–H and O–H groups in total. The Balaban J connectivity index is 2.72. The van der Waals surface area contributed by atoms with Gasteiger partial charge in [-0.05, 0) is 40.5 Å². The summed E-state index contributed by atoms with van der Waals surface area (Å²) in [5.41, 5.74) is -0.133. The predicted octanol–water partition coefficient (Wildman–Crippen LogP) is 1.30. The van der Waals surface area contributed by atoms with Crippen LogP contribution in [0.5, 0.6) is 11.5 Å². The maximum atomic E-state index is 9.67. The van der Waals surface area contributed by atoms with E-state index in [0.717, 1.165) is 10.0 Å². The molecule has 0 amide bonds. The molecule has 0 aromatic heterocycles. The predicted molar refractivity (Wildman–Crippen MR) is 76.7 cm³/mol. The molecule has 0 radical (unpaired) electrons. The van der Waals surface area contributed by atoms with Crippen molar-refractivity contribution in [3.8, 4) is 11.5 Å². The van der Waals surface area contributed by atoms with Crippen LogP contribution in [0.25, 0.3) is 0 Å². The van der Waals surface area contributed by atoms with Crippen LogP contribution in [0.2, 0.25) is 0 Å². The fraction of sp³-hybridized carbons (Fsp3) is 0.538. The molecule has 6 heteroatoms. The highest BCUT2D eigenvalue weighted by molar-refractivity contribution is 9.10. The van der Waals surface area contributed by atoms with Gasteiger partial charge in [-0.2, -0.15) is 0 Å². The Hall–Kier alpha value is -0.820. The summed E-state index contributed by atoms with van der Waals surface area (Å²) in [5, 5.41) is 21.7. The first kappa shape index (κ1) is 16.2. The zero-order valence-electron chi connectivity index (χ0n) is 11.4. The molecule has 108 valence electrons. The number of ether oxygens (including phenoxy) is 2. The highest BCUT2D eigenvalue weighted by Crippen LogP contribution is 2.36. The van der Waals surface area contributed by atoms with E-state index in [1.165, 1.54) is 0 Å². The van der Waals surface area contributed by atoms with E-state index in [9.17, 15) is 5.11 Å². The smallest absolute Gasteiger partial charge is 0.174 e. The summed E-state index contributed by atoms with van der Waals surface area (Å²) in [6, 6.07) is 3.78. The Bertz CT molecular complexity index is 423. The maximum Gasteiger partial charge on any atom is 0.174 e. The largest absolute Gasteiger partial charge is 0.493 e. The summed E-state index contributed by atoms with van der Waals surface area (Å²) in [6.45, 7) is 2.14. The van der Waals surface area contributed by atoms with Gasteiger partial charge in [0.15, 0.2) is 11.5 Å². The van der Waals surface area contributed by atoms with Crippen molar-refractivity contribution in [3.05, 3.63) is 22.2 Å². The third-order valence-corrected chi connectivity index (χ3v) is 3.26. The van der Waals surface area contributed by atoms with Crippen LogP contribution >= 0.6 is 15.9 Å². The normalized spacial score (nSPS) is 14.0. The zero-order chi connectivity index (χ0) is 14.5. The number of aliphatic hydroxyl groups is 2. The molecule has 0 aliphatic rings. The van der Waals surface area contributed by atoms with Gasteiger partial charge in [0.05, 0.1) is 30.9 Å². The number of methoxy groups -OCH3 is 2. The lowest BCUT2D eigenvalue weighted by molar-refractivity contribution is 0.00253. The molecule has 0 heterocycles. The Labute approximate surface area is 121 Å². The average Bonchev–Trinajstić information content (AvgIpc) is 2.37. The third-order valence-electron chi connectivity index (χ3n) is 2.67. The Morgan fingerprint density at radius 2 is 2.00 bits per heavy atom. The number of aliphatic hydroxyl groups excluding tert-OH is 1. The van der Waals surface area contributed by atoms with Gasteiger partial charge in [0.25, 0.3) is 0 Å². The lowest BCUT2D eigenvalue weighted by Crippen LogP contribution is -2.40. The molecule has 1 aromatic rings. The first-order valence-corrected chi connectivity index (χ1v) is 6.67. The molecule has 0 saturated carbocycles. The quantitative estimate of drug-likeness (QED) is 0.701. The van der Waals surface area contributed by atoms with Crippen molar-refractivity contribution >= 4 is 15.9 Å². The number of hydrogen-bond acceptors (Lipinski definition) is 5. The van der Waals surface area contributed by atoms with E-state index in [0.29, 0.717) is 24.6 Å². The number of rotatable bonds is 7. The van der Waals surface area contributed by atoms with Gasteiger partial charge in [-0.15, -0.1) is 0 Å². The van der Waals surface area contributed by atoms with Crippen molar-refractivity contribution in [2.75, 3.05) is 27.4 Å². The molecular weight excluding hydrogens is 314 g/mol. The highest BCUT2D eigenvalue weighted by atomic mass is 79.9. The lowest BCUT2D eigenvalue weighted by Gasteiger charge is -2.21. The lowest BCUT2D eigenvalue weighted by atomic mass is 10.1. The summed E-state index contributed by atoms with van der Waals surface area (Å²) < 4.78 is 11.3. The Morgan fingerprint density at radius 1 is 1.32 bits per heavy atom. The maximum absolute atomic E-state index is 9.67. The molecule has 1 unspecified atom stereocenters. The van der Waals surface area contributed by atoms with Gasteiger partial charge in [-0.1, -0.05) is 0 Å². The second-order valence-electron chi connectivity index (χ2n) is 4.57. The summed E-state index contributed by atoms with van der Waals surface area (Å²) in [4.78, 5) is 0. The molecule has 1 aromatic carbocycles. The molecule has 0 aliphatic heterocycles. The van der Waals surface area contributed by atoms with E-state index in [-0.39, 0.29) is 6.61 Å². The summed E-state index contributed by atoms with van der Waals surface area (Å²) >= 11 is 3.42. The molecule has 0 bridgehead atoms.